The highest BCUT2D eigenvalue weighted by molar-refractivity contribution is 5.88. The molecule has 0 bridgehead atoms. The smallest absolute Gasteiger partial charge is 0.335 e. The molecule has 2 heterocycles. The summed E-state index contributed by atoms with van der Waals surface area (Å²) in [6.07, 6.45) is 2.56. The second-order valence-electron chi connectivity index (χ2n) is 4.97. The molecule has 21 heavy (non-hydrogen) atoms. The van der Waals surface area contributed by atoms with Gasteiger partial charge < -0.3 is 10.0 Å². The first-order valence-electron chi connectivity index (χ1n) is 6.63. The fourth-order valence-corrected chi connectivity index (χ4v) is 2.55. The number of aromatic carboxylic acids is 1. The quantitative estimate of drug-likeness (QED) is 0.912. The van der Waals surface area contributed by atoms with E-state index in [-0.39, 0.29) is 0 Å². The molecule has 1 aliphatic heterocycles. The predicted octanol–water partition coefficient (Wildman–Crippen LogP) is 2.21. The molecule has 0 fully saturated rings. The number of nitriles is 1. The Bertz CT molecular complexity index is 732. The fourth-order valence-electron chi connectivity index (χ4n) is 2.55. The van der Waals surface area contributed by atoms with Crippen LogP contribution in [0.25, 0.3) is 0 Å². The standard InChI is InChI=1S/C16H13N3O2/c17-8-14-3-4-15(9-18-14)19-6-5-11-1-2-12(16(20)21)7-13(11)10-19/h1-4,7,9H,5-6,10H2,(H,20,21). The first-order valence-corrected chi connectivity index (χ1v) is 6.63. The molecule has 0 unspecified atom stereocenters. The van der Waals surface area contributed by atoms with Crippen molar-refractivity contribution in [2.45, 2.75) is 13.0 Å². The van der Waals surface area contributed by atoms with Gasteiger partial charge in [-0.3, -0.25) is 0 Å². The Balaban J connectivity index is 1.87. The molecule has 0 spiro atoms. The third-order valence-corrected chi connectivity index (χ3v) is 3.69. The van der Waals surface area contributed by atoms with Gasteiger partial charge in [0.25, 0.3) is 0 Å². The number of benzene rings is 1. The molecule has 0 amide bonds. The van der Waals surface area contributed by atoms with Crippen LogP contribution in [0.5, 0.6) is 0 Å². The molecule has 0 saturated heterocycles. The molecule has 1 N–H and O–H groups in total. The van der Waals surface area contributed by atoms with Crippen LogP contribution >= 0.6 is 0 Å². The van der Waals surface area contributed by atoms with E-state index >= 15 is 0 Å². The van der Waals surface area contributed by atoms with Gasteiger partial charge in [0, 0.05) is 13.1 Å². The van der Waals surface area contributed by atoms with Crippen molar-refractivity contribution in [2.75, 3.05) is 11.4 Å². The number of pyridine rings is 1. The highest BCUT2D eigenvalue weighted by Crippen LogP contribution is 2.25. The molecule has 5 heteroatoms. The van der Waals surface area contributed by atoms with Crippen LogP contribution in [0.3, 0.4) is 0 Å². The van der Waals surface area contributed by atoms with Gasteiger partial charge in [-0.05, 0) is 41.8 Å². The summed E-state index contributed by atoms with van der Waals surface area (Å²) >= 11 is 0. The number of nitrogens with zero attached hydrogens (tertiary/aromatic N) is 3. The van der Waals surface area contributed by atoms with Gasteiger partial charge in [0.15, 0.2) is 0 Å². The number of carboxylic acid groups (broad SMARTS) is 1. The minimum absolute atomic E-state index is 0.313. The van der Waals surface area contributed by atoms with Crippen molar-refractivity contribution in [2.24, 2.45) is 0 Å². The summed E-state index contributed by atoms with van der Waals surface area (Å²) < 4.78 is 0. The van der Waals surface area contributed by atoms with E-state index in [1.165, 1.54) is 5.56 Å². The fraction of sp³-hybridized carbons (Fsp3) is 0.188. The number of rotatable bonds is 2. The lowest BCUT2D eigenvalue weighted by molar-refractivity contribution is 0.0696. The van der Waals surface area contributed by atoms with Gasteiger partial charge in [-0.1, -0.05) is 6.07 Å². The predicted molar refractivity (Wildman–Crippen MR) is 77.1 cm³/mol. The van der Waals surface area contributed by atoms with Crippen molar-refractivity contribution in [3.05, 3.63) is 58.9 Å². The third-order valence-electron chi connectivity index (χ3n) is 3.69. The lowest BCUT2D eigenvalue weighted by Crippen LogP contribution is -2.30. The average Bonchev–Trinajstić information content (AvgIpc) is 2.54. The summed E-state index contributed by atoms with van der Waals surface area (Å²) in [5.41, 5.74) is 3.88. The molecule has 2 aromatic rings. The molecular weight excluding hydrogens is 266 g/mol. The number of hydrogen-bond acceptors (Lipinski definition) is 4. The second-order valence-corrected chi connectivity index (χ2v) is 4.97. The van der Waals surface area contributed by atoms with Gasteiger partial charge in [0.05, 0.1) is 17.4 Å². The average molecular weight is 279 g/mol. The molecule has 3 rings (SSSR count). The van der Waals surface area contributed by atoms with Gasteiger partial charge >= 0.3 is 5.97 Å². The molecule has 1 aromatic heterocycles. The number of aromatic nitrogens is 1. The van der Waals surface area contributed by atoms with Gasteiger partial charge in [0.2, 0.25) is 0 Å². The zero-order chi connectivity index (χ0) is 14.8. The molecule has 0 radical (unpaired) electrons. The van der Waals surface area contributed by atoms with E-state index in [0.29, 0.717) is 17.8 Å². The van der Waals surface area contributed by atoms with E-state index in [4.69, 9.17) is 10.4 Å². The van der Waals surface area contributed by atoms with Crippen LogP contribution in [0.4, 0.5) is 5.69 Å². The minimum Gasteiger partial charge on any atom is -0.478 e. The number of carbonyl (C=O) groups is 1. The van der Waals surface area contributed by atoms with Gasteiger partial charge in [-0.15, -0.1) is 0 Å². The van der Waals surface area contributed by atoms with Crippen molar-refractivity contribution in [1.82, 2.24) is 4.98 Å². The normalized spacial score (nSPS) is 13.4. The monoisotopic (exact) mass is 279 g/mol. The van der Waals surface area contributed by atoms with Crippen LogP contribution in [0, 0.1) is 11.3 Å². The maximum absolute atomic E-state index is 11.1. The van der Waals surface area contributed by atoms with E-state index in [1.807, 2.05) is 18.2 Å². The molecule has 0 aliphatic carbocycles. The maximum atomic E-state index is 11.1. The summed E-state index contributed by atoms with van der Waals surface area (Å²) in [5, 5.41) is 17.8. The molecule has 0 atom stereocenters. The SMILES string of the molecule is N#Cc1ccc(N2CCc3ccc(C(=O)O)cc3C2)cn1. The minimum atomic E-state index is -0.907. The topological polar surface area (TPSA) is 77.2 Å². The van der Waals surface area contributed by atoms with Gasteiger partial charge in [0.1, 0.15) is 11.8 Å². The van der Waals surface area contributed by atoms with Crippen LogP contribution in [-0.2, 0) is 13.0 Å². The number of fused-ring (bicyclic) bond motifs is 1. The highest BCUT2D eigenvalue weighted by Gasteiger charge is 2.18. The van der Waals surface area contributed by atoms with Crippen LogP contribution in [0.2, 0.25) is 0 Å². The largest absolute Gasteiger partial charge is 0.478 e. The third kappa shape index (κ3) is 2.56. The zero-order valence-corrected chi connectivity index (χ0v) is 11.3. The Kier molecular flexibility index (Phi) is 3.28. The van der Waals surface area contributed by atoms with E-state index in [2.05, 4.69) is 9.88 Å². The van der Waals surface area contributed by atoms with Crippen molar-refractivity contribution in [1.29, 1.82) is 5.26 Å². The van der Waals surface area contributed by atoms with Crippen molar-refractivity contribution >= 4 is 11.7 Å². The summed E-state index contributed by atoms with van der Waals surface area (Å²) in [7, 11) is 0. The zero-order valence-electron chi connectivity index (χ0n) is 11.3. The lowest BCUT2D eigenvalue weighted by atomic mass is 9.97. The van der Waals surface area contributed by atoms with Crippen LogP contribution in [0.1, 0.15) is 27.2 Å². The van der Waals surface area contributed by atoms with Crippen LogP contribution < -0.4 is 4.90 Å². The Hall–Kier alpha value is -2.87. The highest BCUT2D eigenvalue weighted by atomic mass is 16.4. The molecule has 1 aliphatic rings. The van der Waals surface area contributed by atoms with Crippen molar-refractivity contribution < 1.29 is 9.90 Å². The molecular formula is C16H13N3O2. The van der Waals surface area contributed by atoms with Crippen LogP contribution in [0.15, 0.2) is 36.5 Å². The Morgan fingerprint density at radius 2 is 2.14 bits per heavy atom. The lowest BCUT2D eigenvalue weighted by Gasteiger charge is -2.30. The maximum Gasteiger partial charge on any atom is 0.335 e. The van der Waals surface area contributed by atoms with E-state index < -0.39 is 5.97 Å². The molecule has 5 nitrogen and oxygen atoms in total. The first kappa shape index (κ1) is 13.1. The van der Waals surface area contributed by atoms with Crippen molar-refractivity contribution in [3.8, 4) is 6.07 Å². The number of hydrogen-bond donors (Lipinski definition) is 1. The Morgan fingerprint density at radius 1 is 1.29 bits per heavy atom. The molecule has 104 valence electrons. The van der Waals surface area contributed by atoms with Crippen molar-refractivity contribution in [3.63, 3.8) is 0 Å². The van der Waals surface area contributed by atoms with Gasteiger partial charge in [-0.25, -0.2) is 9.78 Å². The Labute approximate surface area is 122 Å². The second kappa shape index (κ2) is 5.25. The number of carboxylic acids is 1. The van der Waals surface area contributed by atoms with E-state index in [9.17, 15) is 4.79 Å². The number of anilines is 1. The van der Waals surface area contributed by atoms with Crippen LogP contribution in [-0.4, -0.2) is 22.6 Å². The van der Waals surface area contributed by atoms with E-state index in [0.717, 1.165) is 24.2 Å². The molecule has 1 aromatic carbocycles. The summed E-state index contributed by atoms with van der Waals surface area (Å²) in [6.45, 7) is 1.51. The molecule has 0 saturated carbocycles. The summed E-state index contributed by atoms with van der Waals surface area (Å²) in [6, 6.07) is 10.8. The van der Waals surface area contributed by atoms with E-state index in [1.54, 1.807) is 24.4 Å². The summed E-state index contributed by atoms with van der Waals surface area (Å²) in [4.78, 5) is 17.3. The first-order chi connectivity index (χ1) is 10.2. The Morgan fingerprint density at radius 3 is 2.81 bits per heavy atom. The summed E-state index contributed by atoms with van der Waals surface area (Å²) in [5.74, 6) is -0.907. The van der Waals surface area contributed by atoms with Gasteiger partial charge in [-0.2, -0.15) is 5.26 Å².